The van der Waals surface area contributed by atoms with Gasteiger partial charge in [0, 0.05) is 30.8 Å². The van der Waals surface area contributed by atoms with Gasteiger partial charge < -0.3 is 19.7 Å². The van der Waals surface area contributed by atoms with Crippen LogP contribution >= 0.6 is 0 Å². The Bertz CT molecular complexity index is 889. The van der Waals surface area contributed by atoms with Gasteiger partial charge in [0.05, 0.1) is 7.11 Å². The van der Waals surface area contributed by atoms with Gasteiger partial charge in [-0.1, -0.05) is 18.2 Å². The summed E-state index contributed by atoms with van der Waals surface area (Å²) < 4.78 is 34.1. The lowest BCUT2D eigenvalue weighted by Crippen LogP contribution is -2.37. The van der Waals surface area contributed by atoms with Crippen molar-refractivity contribution in [1.29, 1.82) is 0 Å². The van der Waals surface area contributed by atoms with Gasteiger partial charge in [-0.3, -0.25) is 9.59 Å². The summed E-state index contributed by atoms with van der Waals surface area (Å²) in [5.74, 6) is -0.619. The lowest BCUT2D eigenvalue weighted by atomic mass is 10.0. The summed E-state index contributed by atoms with van der Waals surface area (Å²) in [5.41, 5.74) is 2.29. The first-order valence-electron chi connectivity index (χ1n) is 9.29. The molecular formula is C21H22F2N2O4. The van der Waals surface area contributed by atoms with Gasteiger partial charge in [0.2, 0.25) is 5.91 Å². The zero-order valence-electron chi connectivity index (χ0n) is 16.0. The van der Waals surface area contributed by atoms with E-state index in [1.54, 1.807) is 4.90 Å². The van der Waals surface area contributed by atoms with Crippen molar-refractivity contribution in [3.05, 3.63) is 53.6 Å². The summed E-state index contributed by atoms with van der Waals surface area (Å²) in [6.07, 6.45) is 2.01. The number of fused-ring (bicyclic) bond motifs is 1. The predicted octanol–water partition coefficient (Wildman–Crippen LogP) is 3.40. The van der Waals surface area contributed by atoms with Gasteiger partial charge >= 0.3 is 6.61 Å². The van der Waals surface area contributed by atoms with E-state index in [4.69, 9.17) is 4.74 Å². The molecule has 1 N–H and O–H groups in total. The maximum absolute atomic E-state index is 12.6. The van der Waals surface area contributed by atoms with Crippen molar-refractivity contribution in [2.75, 3.05) is 25.1 Å². The fourth-order valence-electron chi connectivity index (χ4n) is 3.31. The number of hydrogen-bond donors (Lipinski definition) is 1. The summed E-state index contributed by atoms with van der Waals surface area (Å²) >= 11 is 0. The summed E-state index contributed by atoms with van der Waals surface area (Å²) in [6.45, 7) is -2.17. The number of para-hydroxylation sites is 1. The first kappa shape index (κ1) is 20.6. The van der Waals surface area contributed by atoms with Gasteiger partial charge in [0.15, 0.2) is 11.5 Å². The second-order valence-electron chi connectivity index (χ2n) is 6.53. The number of nitrogens with one attached hydrogen (secondary N) is 1. The number of nitrogens with zero attached hydrogens (tertiary/aromatic N) is 1. The third-order valence-corrected chi connectivity index (χ3v) is 4.68. The second kappa shape index (κ2) is 9.36. The molecule has 0 aliphatic carbocycles. The number of aryl methyl sites for hydroxylation is 1. The van der Waals surface area contributed by atoms with E-state index in [1.807, 2.05) is 24.3 Å². The normalized spacial score (nSPS) is 13.0. The number of halogens is 2. The SMILES string of the molecule is COc1cc(C(=O)NCCC(=O)N2CCCc3ccccc32)ccc1OC(F)F. The van der Waals surface area contributed by atoms with Gasteiger partial charge in [-0.2, -0.15) is 8.78 Å². The molecule has 0 saturated carbocycles. The van der Waals surface area contributed by atoms with Crippen LogP contribution in [0.4, 0.5) is 14.5 Å². The molecule has 2 amide bonds. The molecule has 8 heteroatoms. The largest absolute Gasteiger partial charge is 0.493 e. The zero-order valence-corrected chi connectivity index (χ0v) is 16.0. The quantitative estimate of drug-likeness (QED) is 0.768. The van der Waals surface area contributed by atoms with Gasteiger partial charge in [-0.05, 0) is 42.7 Å². The van der Waals surface area contributed by atoms with Crippen LogP contribution in [0.5, 0.6) is 11.5 Å². The number of benzene rings is 2. The first-order valence-corrected chi connectivity index (χ1v) is 9.29. The number of hydrogen-bond acceptors (Lipinski definition) is 4. The van der Waals surface area contributed by atoms with Crippen LogP contribution in [0.1, 0.15) is 28.8 Å². The Morgan fingerprint density at radius 1 is 1.17 bits per heavy atom. The summed E-state index contributed by atoms with van der Waals surface area (Å²) in [6, 6.07) is 11.7. The highest BCUT2D eigenvalue weighted by Crippen LogP contribution is 2.29. The van der Waals surface area contributed by atoms with Crippen LogP contribution in [0.15, 0.2) is 42.5 Å². The van der Waals surface area contributed by atoms with Crippen LogP contribution in [-0.2, 0) is 11.2 Å². The molecule has 2 aromatic carbocycles. The second-order valence-corrected chi connectivity index (χ2v) is 6.53. The molecule has 0 aromatic heterocycles. The number of amides is 2. The third kappa shape index (κ3) is 5.01. The highest BCUT2D eigenvalue weighted by Gasteiger charge is 2.22. The number of alkyl halides is 2. The van der Waals surface area contributed by atoms with Crippen molar-refractivity contribution in [2.24, 2.45) is 0 Å². The van der Waals surface area contributed by atoms with E-state index in [2.05, 4.69) is 10.1 Å². The summed E-state index contributed by atoms with van der Waals surface area (Å²) in [5, 5.41) is 2.67. The maximum Gasteiger partial charge on any atom is 0.387 e. The molecule has 0 unspecified atom stereocenters. The minimum atomic E-state index is -2.99. The Morgan fingerprint density at radius 3 is 2.72 bits per heavy atom. The minimum Gasteiger partial charge on any atom is -0.493 e. The molecule has 1 aliphatic heterocycles. The molecule has 6 nitrogen and oxygen atoms in total. The van der Waals surface area contributed by atoms with Crippen LogP contribution in [0.3, 0.4) is 0 Å². The van der Waals surface area contributed by atoms with Crippen molar-refractivity contribution in [1.82, 2.24) is 5.32 Å². The van der Waals surface area contributed by atoms with Gasteiger partial charge in [0.25, 0.3) is 5.91 Å². The highest BCUT2D eigenvalue weighted by atomic mass is 19.3. The molecule has 0 spiro atoms. The Hall–Kier alpha value is -3.16. The number of methoxy groups -OCH3 is 1. The van der Waals surface area contributed by atoms with Crippen LogP contribution in [0.2, 0.25) is 0 Å². The molecule has 1 aliphatic rings. The smallest absolute Gasteiger partial charge is 0.387 e. The summed E-state index contributed by atoms with van der Waals surface area (Å²) in [7, 11) is 1.30. The minimum absolute atomic E-state index is 0.0268. The van der Waals surface area contributed by atoms with E-state index in [9.17, 15) is 18.4 Å². The molecule has 1 heterocycles. The molecule has 0 bridgehead atoms. The molecule has 0 atom stereocenters. The van der Waals surface area contributed by atoms with Crippen molar-refractivity contribution in [3.8, 4) is 11.5 Å². The van der Waals surface area contributed by atoms with E-state index in [-0.39, 0.29) is 35.9 Å². The Labute approximate surface area is 167 Å². The monoisotopic (exact) mass is 404 g/mol. The lowest BCUT2D eigenvalue weighted by Gasteiger charge is -2.29. The fourth-order valence-corrected chi connectivity index (χ4v) is 3.31. The zero-order chi connectivity index (χ0) is 20.8. The molecular weight excluding hydrogens is 382 g/mol. The maximum atomic E-state index is 12.6. The molecule has 29 heavy (non-hydrogen) atoms. The van der Waals surface area contributed by atoms with E-state index in [0.717, 1.165) is 24.1 Å². The topological polar surface area (TPSA) is 67.9 Å². The standard InChI is InChI=1S/C21H22F2N2O4/c1-28-18-13-15(8-9-17(18)29-21(22)23)20(27)24-11-10-19(26)25-12-4-6-14-5-2-3-7-16(14)25/h2-3,5,7-9,13,21H,4,6,10-12H2,1H3,(H,24,27). The van der Waals surface area contributed by atoms with E-state index < -0.39 is 12.5 Å². The van der Waals surface area contributed by atoms with Gasteiger partial charge in [-0.15, -0.1) is 0 Å². The molecule has 3 rings (SSSR count). The number of anilines is 1. The average Bonchev–Trinajstić information content (AvgIpc) is 2.73. The van der Waals surface area contributed by atoms with Crippen molar-refractivity contribution in [3.63, 3.8) is 0 Å². The predicted molar refractivity (Wildman–Crippen MR) is 104 cm³/mol. The first-order chi connectivity index (χ1) is 14.0. The molecule has 154 valence electrons. The number of rotatable bonds is 7. The highest BCUT2D eigenvalue weighted by molar-refractivity contribution is 5.97. The van der Waals surface area contributed by atoms with E-state index in [1.165, 1.54) is 25.3 Å². The molecule has 0 radical (unpaired) electrons. The van der Waals surface area contributed by atoms with E-state index >= 15 is 0 Å². The van der Waals surface area contributed by atoms with Gasteiger partial charge in [0.1, 0.15) is 0 Å². The van der Waals surface area contributed by atoms with Crippen LogP contribution in [0, 0.1) is 0 Å². The Balaban J connectivity index is 1.57. The van der Waals surface area contributed by atoms with Crippen molar-refractivity contribution >= 4 is 17.5 Å². The molecule has 0 saturated heterocycles. The molecule has 2 aromatic rings. The average molecular weight is 404 g/mol. The third-order valence-electron chi connectivity index (χ3n) is 4.68. The van der Waals surface area contributed by atoms with Crippen molar-refractivity contribution < 1.29 is 27.8 Å². The molecule has 0 fully saturated rings. The van der Waals surface area contributed by atoms with Crippen LogP contribution in [0.25, 0.3) is 0 Å². The number of carbonyl (C=O) groups excluding carboxylic acids is 2. The number of carbonyl (C=O) groups is 2. The van der Waals surface area contributed by atoms with Crippen LogP contribution in [-0.4, -0.2) is 38.6 Å². The fraction of sp³-hybridized carbons (Fsp3) is 0.333. The Kier molecular flexibility index (Phi) is 6.64. The Morgan fingerprint density at radius 2 is 1.97 bits per heavy atom. The summed E-state index contributed by atoms with van der Waals surface area (Å²) in [4.78, 5) is 26.7. The van der Waals surface area contributed by atoms with E-state index in [0.29, 0.717) is 6.54 Å². The lowest BCUT2D eigenvalue weighted by molar-refractivity contribution is -0.118. The van der Waals surface area contributed by atoms with Crippen LogP contribution < -0.4 is 19.7 Å². The number of ether oxygens (including phenoxy) is 2. The van der Waals surface area contributed by atoms with Gasteiger partial charge in [-0.25, -0.2) is 0 Å². The van der Waals surface area contributed by atoms with Crippen molar-refractivity contribution in [2.45, 2.75) is 25.9 Å².